The van der Waals surface area contributed by atoms with Gasteiger partial charge in [0.25, 0.3) is 5.88 Å². The number of ether oxygens (including phenoxy) is 1. The molecule has 0 atom stereocenters. The number of aryl methyl sites for hydroxylation is 1. The number of hydrogen-bond acceptors (Lipinski definition) is 7. The maximum absolute atomic E-state index is 9.32. The molecule has 3 aromatic heterocycles. The molecule has 8 nitrogen and oxygen atoms in total. The maximum Gasteiger partial charge on any atom is 0.278 e. The quantitative estimate of drug-likeness (QED) is 0.536. The highest BCUT2D eigenvalue weighted by Crippen LogP contribution is 2.32. The molecule has 138 valence electrons. The van der Waals surface area contributed by atoms with Crippen LogP contribution in [0.4, 0.5) is 0 Å². The Balaban J connectivity index is 1.64. The fraction of sp³-hybridized carbons (Fsp3) is 0.211. The van der Waals surface area contributed by atoms with Crippen molar-refractivity contribution in [3.63, 3.8) is 0 Å². The zero-order valence-corrected chi connectivity index (χ0v) is 14.7. The second-order valence-electron chi connectivity index (χ2n) is 5.93. The van der Waals surface area contributed by atoms with E-state index in [0.717, 1.165) is 17.0 Å². The average Bonchev–Trinajstić information content (AvgIpc) is 3.42. The highest BCUT2D eigenvalue weighted by atomic mass is 16.6. The second-order valence-corrected chi connectivity index (χ2v) is 5.93. The third-order valence-corrected chi connectivity index (χ3v) is 4.12. The van der Waals surface area contributed by atoms with Crippen molar-refractivity contribution in [3.8, 4) is 28.6 Å². The molecule has 0 radical (unpaired) electrons. The number of benzene rings is 1. The molecule has 4 aromatic rings. The summed E-state index contributed by atoms with van der Waals surface area (Å²) in [5.41, 5.74) is 3.20. The monoisotopic (exact) mass is 366 g/mol. The Hall–Kier alpha value is -3.39. The predicted molar refractivity (Wildman–Crippen MR) is 95.8 cm³/mol. The van der Waals surface area contributed by atoms with Gasteiger partial charge in [-0.2, -0.15) is 0 Å². The Bertz CT molecular complexity index is 1020. The lowest BCUT2D eigenvalue weighted by atomic mass is 10.1. The summed E-state index contributed by atoms with van der Waals surface area (Å²) >= 11 is 0. The lowest BCUT2D eigenvalue weighted by Crippen LogP contribution is -2.09. The minimum Gasteiger partial charge on any atom is -0.472 e. The van der Waals surface area contributed by atoms with E-state index in [9.17, 15) is 5.11 Å². The molecule has 1 aromatic carbocycles. The summed E-state index contributed by atoms with van der Waals surface area (Å²) in [4.78, 5) is 4.57. The fourth-order valence-electron chi connectivity index (χ4n) is 2.80. The molecule has 3 heterocycles. The van der Waals surface area contributed by atoms with Crippen LogP contribution in [0.1, 0.15) is 11.5 Å². The van der Waals surface area contributed by atoms with Crippen molar-refractivity contribution in [1.82, 2.24) is 19.9 Å². The molecule has 4 rings (SSSR count). The SMILES string of the molecule is Cc1nonc1OCCn1cnc(-c2ccccc2)c1-c1ccc(CO)o1. The Kier molecular flexibility index (Phi) is 4.71. The molecular weight excluding hydrogens is 348 g/mol. The minimum absolute atomic E-state index is 0.156. The normalized spacial score (nSPS) is 11.0. The van der Waals surface area contributed by atoms with Crippen molar-refractivity contribution in [3.05, 3.63) is 60.2 Å². The van der Waals surface area contributed by atoms with Crippen LogP contribution in [0, 0.1) is 6.92 Å². The number of hydrogen-bond donors (Lipinski definition) is 1. The topological polar surface area (TPSA) is 99.3 Å². The van der Waals surface area contributed by atoms with Crippen LogP contribution in [0.3, 0.4) is 0 Å². The van der Waals surface area contributed by atoms with Crippen molar-refractivity contribution in [1.29, 1.82) is 0 Å². The van der Waals surface area contributed by atoms with E-state index in [2.05, 4.69) is 19.9 Å². The van der Waals surface area contributed by atoms with E-state index in [1.165, 1.54) is 0 Å². The Labute approximate surface area is 155 Å². The van der Waals surface area contributed by atoms with E-state index in [4.69, 9.17) is 9.15 Å². The first-order valence-corrected chi connectivity index (χ1v) is 8.48. The molecule has 8 heteroatoms. The number of imidazole rings is 1. The largest absolute Gasteiger partial charge is 0.472 e. The van der Waals surface area contributed by atoms with Crippen molar-refractivity contribution >= 4 is 0 Å². The molecule has 0 aliphatic heterocycles. The van der Waals surface area contributed by atoms with Crippen LogP contribution in [0.5, 0.6) is 5.88 Å². The Morgan fingerprint density at radius 1 is 1.11 bits per heavy atom. The van der Waals surface area contributed by atoms with Gasteiger partial charge in [-0.05, 0) is 24.2 Å². The number of aromatic nitrogens is 4. The summed E-state index contributed by atoms with van der Waals surface area (Å²) < 4.78 is 18.0. The van der Waals surface area contributed by atoms with E-state index in [1.807, 2.05) is 41.0 Å². The van der Waals surface area contributed by atoms with Crippen molar-refractivity contribution in [2.45, 2.75) is 20.1 Å². The van der Waals surface area contributed by atoms with Crippen LogP contribution >= 0.6 is 0 Å². The van der Waals surface area contributed by atoms with Crippen LogP contribution in [0.2, 0.25) is 0 Å². The molecule has 0 saturated heterocycles. The van der Waals surface area contributed by atoms with E-state index in [1.54, 1.807) is 19.3 Å². The van der Waals surface area contributed by atoms with Crippen molar-refractivity contribution in [2.75, 3.05) is 6.61 Å². The molecule has 0 fully saturated rings. The van der Waals surface area contributed by atoms with Gasteiger partial charge >= 0.3 is 0 Å². The first kappa shape index (κ1) is 17.0. The van der Waals surface area contributed by atoms with Crippen molar-refractivity contribution < 1.29 is 18.9 Å². The summed E-state index contributed by atoms with van der Waals surface area (Å²) in [5, 5.41) is 16.7. The molecule has 0 amide bonds. The standard InChI is InChI=1S/C19H18N4O4/c1-13-19(22-27-21-13)25-10-9-23-12-20-17(14-5-3-2-4-6-14)18(23)16-8-7-15(11-24)26-16/h2-8,12,24H,9-11H2,1H3. The lowest BCUT2D eigenvalue weighted by molar-refractivity contribution is 0.246. The molecule has 0 unspecified atom stereocenters. The summed E-state index contributed by atoms with van der Waals surface area (Å²) in [7, 11) is 0. The number of nitrogens with zero attached hydrogens (tertiary/aromatic N) is 4. The van der Waals surface area contributed by atoms with Gasteiger partial charge in [-0.1, -0.05) is 35.5 Å². The summed E-state index contributed by atoms with van der Waals surface area (Å²) in [6.45, 7) is 2.49. The van der Waals surface area contributed by atoms with Gasteiger partial charge in [-0.3, -0.25) is 0 Å². The first-order chi connectivity index (χ1) is 13.3. The second kappa shape index (κ2) is 7.46. The Morgan fingerprint density at radius 2 is 1.96 bits per heavy atom. The van der Waals surface area contributed by atoms with Crippen LogP contribution in [-0.4, -0.2) is 31.6 Å². The molecule has 0 aliphatic carbocycles. The van der Waals surface area contributed by atoms with Gasteiger partial charge in [0, 0.05) is 5.56 Å². The van der Waals surface area contributed by atoms with E-state index >= 15 is 0 Å². The molecular formula is C19H18N4O4. The molecule has 0 aliphatic rings. The number of aliphatic hydroxyl groups is 1. The number of rotatable bonds is 7. The molecule has 27 heavy (non-hydrogen) atoms. The van der Waals surface area contributed by atoms with Gasteiger partial charge in [0.2, 0.25) is 0 Å². The van der Waals surface area contributed by atoms with Crippen LogP contribution in [0.25, 0.3) is 22.7 Å². The zero-order chi connectivity index (χ0) is 18.6. The van der Waals surface area contributed by atoms with E-state index < -0.39 is 0 Å². The smallest absolute Gasteiger partial charge is 0.278 e. The van der Waals surface area contributed by atoms with Crippen LogP contribution in [-0.2, 0) is 13.2 Å². The lowest BCUT2D eigenvalue weighted by Gasteiger charge is -2.09. The van der Waals surface area contributed by atoms with Gasteiger partial charge in [0.1, 0.15) is 30.4 Å². The fourth-order valence-corrected chi connectivity index (χ4v) is 2.80. The highest BCUT2D eigenvalue weighted by molar-refractivity contribution is 5.76. The third kappa shape index (κ3) is 3.47. The summed E-state index contributed by atoms with van der Waals surface area (Å²) in [5.74, 6) is 1.51. The number of aliphatic hydroxyl groups excluding tert-OH is 1. The van der Waals surface area contributed by atoms with Gasteiger partial charge in [0.05, 0.1) is 18.6 Å². The molecule has 0 saturated carbocycles. The third-order valence-electron chi connectivity index (χ3n) is 4.12. The number of furan rings is 1. The van der Waals surface area contributed by atoms with Gasteiger partial charge in [0.15, 0.2) is 5.76 Å². The van der Waals surface area contributed by atoms with E-state index in [-0.39, 0.29) is 6.61 Å². The summed E-state index contributed by atoms with van der Waals surface area (Å²) in [6, 6.07) is 13.4. The average molecular weight is 366 g/mol. The minimum atomic E-state index is -0.156. The molecule has 0 bridgehead atoms. The Morgan fingerprint density at radius 3 is 2.67 bits per heavy atom. The van der Waals surface area contributed by atoms with Gasteiger partial charge in [-0.25, -0.2) is 9.61 Å². The van der Waals surface area contributed by atoms with E-state index in [0.29, 0.717) is 36.2 Å². The zero-order valence-electron chi connectivity index (χ0n) is 14.7. The maximum atomic E-state index is 9.32. The van der Waals surface area contributed by atoms with Gasteiger partial charge < -0.3 is 18.8 Å². The summed E-state index contributed by atoms with van der Waals surface area (Å²) in [6.07, 6.45) is 1.75. The first-order valence-electron chi connectivity index (χ1n) is 8.48. The highest BCUT2D eigenvalue weighted by Gasteiger charge is 2.18. The van der Waals surface area contributed by atoms with Crippen molar-refractivity contribution in [2.24, 2.45) is 0 Å². The van der Waals surface area contributed by atoms with Crippen LogP contribution in [0.15, 0.2) is 57.8 Å². The molecule has 1 N–H and O–H groups in total. The van der Waals surface area contributed by atoms with Gasteiger partial charge in [-0.15, -0.1) is 0 Å². The predicted octanol–water partition coefficient (Wildman–Crippen LogP) is 3.07. The molecule has 0 spiro atoms. The van der Waals surface area contributed by atoms with Crippen LogP contribution < -0.4 is 4.74 Å².